The standard InChI is InChI=1S/C33H37N7O10S2/c1-2-49-14-17-10-37-33(51-15-16(29(45)36-12-25(43)44)9-19(42)3-5-21(34)32(47)48)40-31(17)50-24-8-4-20-22(39-24)6-7-23-26(20)27-28(52-23)30(46)38-18(13-41)11-35-27/h4,6-8,10,16,18,21,35,41H,2-3,5,9,11-15,34H2,1H3,(H,36,45)(H,38,46)(H,43,44)(H,47,48)/t16-,18-,21-/m0/s1. The highest BCUT2D eigenvalue weighted by atomic mass is 32.2. The van der Waals surface area contributed by atoms with Crippen molar-refractivity contribution in [3.05, 3.63) is 40.9 Å². The fourth-order valence-electron chi connectivity index (χ4n) is 5.28. The van der Waals surface area contributed by atoms with Gasteiger partial charge < -0.3 is 46.5 Å². The number of aromatic nitrogens is 3. The van der Waals surface area contributed by atoms with Crippen LogP contribution >= 0.6 is 23.1 Å². The maximum atomic E-state index is 12.9. The molecule has 3 atom stereocenters. The molecule has 0 radical (unpaired) electrons. The molecule has 1 aliphatic rings. The quantitative estimate of drug-likeness (QED) is 0.0566. The number of ketones is 1. The Labute approximate surface area is 304 Å². The lowest BCUT2D eigenvalue weighted by molar-refractivity contribution is -0.139. The first-order chi connectivity index (χ1) is 25.0. The van der Waals surface area contributed by atoms with Crippen LogP contribution in [0.3, 0.4) is 0 Å². The van der Waals surface area contributed by atoms with Crippen LogP contribution in [0.1, 0.15) is 41.4 Å². The highest BCUT2D eigenvalue weighted by Crippen LogP contribution is 2.41. The number of thioether (sulfide) groups is 1. The summed E-state index contributed by atoms with van der Waals surface area (Å²) in [6.45, 7) is 1.88. The van der Waals surface area contributed by atoms with Gasteiger partial charge in [0, 0.05) is 59.5 Å². The normalized spacial score (nSPS) is 15.2. The van der Waals surface area contributed by atoms with E-state index in [1.165, 1.54) is 17.5 Å². The Bertz CT molecular complexity index is 1990. The first-order valence-electron chi connectivity index (χ1n) is 16.2. The van der Waals surface area contributed by atoms with Crippen LogP contribution in [0.4, 0.5) is 5.69 Å². The molecule has 8 N–H and O–H groups in total. The number of nitrogens with two attached hydrogens (primary N) is 1. The van der Waals surface area contributed by atoms with Crippen LogP contribution in [-0.4, -0.2) is 104 Å². The summed E-state index contributed by atoms with van der Waals surface area (Å²) in [4.78, 5) is 74.6. The van der Waals surface area contributed by atoms with Gasteiger partial charge in [-0.2, -0.15) is 4.98 Å². The number of aliphatic carboxylic acids is 2. The summed E-state index contributed by atoms with van der Waals surface area (Å²) in [5.74, 6) is -4.48. The van der Waals surface area contributed by atoms with E-state index in [-0.39, 0.29) is 61.1 Å². The Balaban J connectivity index is 1.37. The number of amides is 2. The van der Waals surface area contributed by atoms with E-state index in [4.69, 9.17) is 30.4 Å². The minimum Gasteiger partial charge on any atom is -0.480 e. The lowest BCUT2D eigenvalue weighted by atomic mass is 9.99. The van der Waals surface area contributed by atoms with Crippen LogP contribution < -0.4 is 26.4 Å². The van der Waals surface area contributed by atoms with Gasteiger partial charge >= 0.3 is 11.9 Å². The molecule has 0 aliphatic carbocycles. The number of rotatable bonds is 18. The molecule has 1 aliphatic heterocycles. The maximum Gasteiger partial charge on any atom is 0.322 e. The molecule has 4 aromatic rings. The summed E-state index contributed by atoms with van der Waals surface area (Å²) >= 11 is 2.39. The van der Waals surface area contributed by atoms with Gasteiger partial charge in [-0.1, -0.05) is 11.8 Å². The first kappa shape index (κ1) is 38.3. The van der Waals surface area contributed by atoms with E-state index in [1.54, 1.807) is 6.07 Å². The van der Waals surface area contributed by atoms with Crippen molar-refractivity contribution in [2.45, 2.75) is 50.0 Å². The number of benzene rings is 1. The van der Waals surface area contributed by atoms with E-state index in [1.807, 2.05) is 25.1 Å². The van der Waals surface area contributed by atoms with Crippen molar-refractivity contribution >= 4 is 79.3 Å². The van der Waals surface area contributed by atoms with Gasteiger partial charge in [0.25, 0.3) is 5.91 Å². The second-order valence-electron chi connectivity index (χ2n) is 11.8. The summed E-state index contributed by atoms with van der Waals surface area (Å²) in [6.07, 6.45) is 0.953. The van der Waals surface area contributed by atoms with E-state index in [2.05, 4.69) is 25.9 Å². The number of anilines is 1. The molecule has 4 heterocycles. The smallest absolute Gasteiger partial charge is 0.322 e. The largest absolute Gasteiger partial charge is 0.480 e. The lowest BCUT2D eigenvalue weighted by Crippen LogP contribution is -2.39. The van der Waals surface area contributed by atoms with Crippen molar-refractivity contribution < 1.29 is 48.8 Å². The van der Waals surface area contributed by atoms with E-state index in [0.29, 0.717) is 34.8 Å². The molecule has 0 spiro atoms. The third-order valence-corrected chi connectivity index (χ3v) is 10.2. The number of aliphatic hydroxyl groups is 1. The minimum absolute atomic E-state index is 0.00722. The molecule has 0 fully saturated rings. The Hall–Kier alpha value is -4.95. The van der Waals surface area contributed by atoms with Crippen molar-refractivity contribution in [2.24, 2.45) is 11.7 Å². The SMILES string of the molecule is CCOCc1cnc(SC[C@H](CC(=O)CC[C@H](N)C(=O)O)C(=O)NCC(=O)O)nc1Oc1ccc2c(ccc3sc4c(c32)NC[C@@H](CO)NC4=O)n1. The summed E-state index contributed by atoms with van der Waals surface area (Å²) in [5.41, 5.74) is 7.29. The average Bonchev–Trinajstić information content (AvgIpc) is 3.43. The zero-order valence-electron chi connectivity index (χ0n) is 27.9. The van der Waals surface area contributed by atoms with Crippen LogP contribution in [-0.2, 0) is 30.5 Å². The van der Waals surface area contributed by atoms with Crippen molar-refractivity contribution in [1.82, 2.24) is 25.6 Å². The molecule has 52 heavy (non-hydrogen) atoms. The molecule has 5 rings (SSSR count). The maximum absolute atomic E-state index is 12.9. The topological polar surface area (TPSA) is 265 Å². The minimum atomic E-state index is -1.26. The Morgan fingerprint density at radius 2 is 1.98 bits per heavy atom. The molecular weight excluding hydrogens is 719 g/mol. The third kappa shape index (κ3) is 9.48. The number of nitrogens with one attached hydrogen (secondary N) is 3. The van der Waals surface area contributed by atoms with Gasteiger partial charge in [-0.05, 0) is 31.5 Å². The van der Waals surface area contributed by atoms with E-state index >= 15 is 0 Å². The summed E-state index contributed by atoms with van der Waals surface area (Å²) in [7, 11) is 0. The number of aliphatic hydroxyl groups excluding tert-OH is 1. The van der Waals surface area contributed by atoms with Crippen LogP contribution in [0.5, 0.6) is 11.8 Å². The number of ether oxygens (including phenoxy) is 2. The highest BCUT2D eigenvalue weighted by Gasteiger charge is 2.27. The van der Waals surface area contributed by atoms with Crippen LogP contribution in [0.2, 0.25) is 0 Å². The van der Waals surface area contributed by atoms with E-state index in [0.717, 1.165) is 27.2 Å². The number of hydrogen-bond donors (Lipinski definition) is 7. The number of carbonyl (C=O) groups excluding carboxylic acids is 3. The zero-order chi connectivity index (χ0) is 37.4. The van der Waals surface area contributed by atoms with E-state index < -0.39 is 48.2 Å². The number of pyridine rings is 1. The highest BCUT2D eigenvalue weighted by molar-refractivity contribution is 7.99. The van der Waals surface area contributed by atoms with Gasteiger partial charge in [-0.25, -0.2) is 9.97 Å². The van der Waals surface area contributed by atoms with Crippen LogP contribution in [0, 0.1) is 5.92 Å². The van der Waals surface area contributed by atoms with E-state index in [9.17, 15) is 29.1 Å². The third-order valence-electron chi connectivity index (χ3n) is 7.97. The fourth-order valence-corrected chi connectivity index (χ4v) is 7.27. The number of hydrogen-bond acceptors (Lipinski definition) is 15. The van der Waals surface area contributed by atoms with Crippen molar-refractivity contribution in [1.29, 1.82) is 0 Å². The van der Waals surface area contributed by atoms with Gasteiger partial charge in [0.1, 0.15) is 23.2 Å². The zero-order valence-corrected chi connectivity index (χ0v) is 29.6. The summed E-state index contributed by atoms with van der Waals surface area (Å²) in [5, 5.41) is 37.9. The monoisotopic (exact) mass is 755 g/mol. The van der Waals surface area contributed by atoms with Gasteiger partial charge in [0.15, 0.2) is 5.16 Å². The van der Waals surface area contributed by atoms with Crippen molar-refractivity contribution in [3.8, 4) is 11.8 Å². The molecular formula is C33H37N7O10S2. The second-order valence-corrected chi connectivity index (χ2v) is 13.8. The van der Waals surface area contributed by atoms with Gasteiger partial charge in [0.2, 0.25) is 17.7 Å². The number of carbonyl (C=O) groups is 5. The first-order valence-corrected chi connectivity index (χ1v) is 18.0. The summed E-state index contributed by atoms with van der Waals surface area (Å²) in [6, 6.07) is 5.55. The predicted molar refractivity (Wildman–Crippen MR) is 191 cm³/mol. The lowest BCUT2D eigenvalue weighted by Gasteiger charge is -2.16. The molecule has 276 valence electrons. The Morgan fingerprint density at radius 3 is 2.71 bits per heavy atom. The molecule has 0 saturated heterocycles. The average molecular weight is 756 g/mol. The van der Waals surface area contributed by atoms with Crippen molar-refractivity contribution in [2.75, 3.05) is 37.4 Å². The second kappa shape index (κ2) is 17.5. The van der Waals surface area contributed by atoms with Gasteiger partial charge in [-0.3, -0.25) is 24.0 Å². The van der Waals surface area contributed by atoms with Gasteiger partial charge in [-0.15, -0.1) is 11.3 Å². The number of carboxylic acids is 2. The molecule has 0 unspecified atom stereocenters. The van der Waals surface area contributed by atoms with Crippen molar-refractivity contribution in [3.63, 3.8) is 0 Å². The summed E-state index contributed by atoms with van der Waals surface area (Å²) < 4.78 is 12.6. The molecule has 17 nitrogen and oxygen atoms in total. The Kier molecular flexibility index (Phi) is 12.9. The number of nitrogens with zero attached hydrogens (tertiary/aromatic N) is 3. The van der Waals surface area contributed by atoms with Crippen LogP contribution in [0.25, 0.3) is 21.0 Å². The number of carboxylic acid groups (broad SMARTS) is 2. The molecule has 0 saturated carbocycles. The Morgan fingerprint density at radius 1 is 1.17 bits per heavy atom. The molecule has 1 aromatic carbocycles. The number of fused-ring (bicyclic) bond motifs is 5. The number of thiophene rings is 1. The molecule has 2 amide bonds. The fraction of sp³-hybridized carbons (Fsp3) is 0.394. The predicted octanol–water partition coefficient (Wildman–Crippen LogP) is 2.14. The molecule has 3 aromatic heterocycles. The van der Waals surface area contributed by atoms with Gasteiger partial charge in [0.05, 0.1) is 41.9 Å². The van der Waals surface area contributed by atoms with Crippen LogP contribution in [0.15, 0.2) is 35.6 Å². The molecule has 0 bridgehead atoms. The molecule has 19 heteroatoms. The number of Topliss-reactive ketones (excluding diaryl/α,β-unsaturated/α-hetero) is 1.